The number of imidazole rings is 1. The molecule has 1 aliphatic rings. The first-order valence-corrected chi connectivity index (χ1v) is 11.9. The Morgan fingerprint density at radius 2 is 1.89 bits per heavy atom. The van der Waals surface area contributed by atoms with Gasteiger partial charge in [0.15, 0.2) is 0 Å². The molecule has 186 valence electrons. The Balaban J connectivity index is 1.56. The number of fused-ring (bicyclic) bond motifs is 2. The minimum atomic E-state index is -0.998. The first-order chi connectivity index (χ1) is 17.3. The van der Waals surface area contributed by atoms with Gasteiger partial charge in [-0.3, -0.25) is 9.59 Å². The Labute approximate surface area is 207 Å². The number of rotatable bonds is 7. The molecular weight excluding hydrogens is 458 g/mol. The molecule has 0 spiro atoms. The van der Waals surface area contributed by atoms with Crippen molar-refractivity contribution < 1.29 is 15.0 Å². The van der Waals surface area contributed by atoms with E-state index in [1.807, 2.05) is 51.1 Å². The van der Waals surface area contributed by atoms with Crippen molar-refractivity contribution in [2.75, 3.05) is 23.4 Å². The van der Waals surface area contributed by atoms with E-state index >= 15 is 0 Å². The summed E-state index contributed by atoms with van der Waals surface area (Å²) in [7, 11) is 0. The minimum Gasteiger partial charge on any atom is -0.394 e. The highest BCUT2D eigenvalue weighted by Gasteiger charge is 2.43. The number of carbonyl (C=O) groups is 1. The van der Waals surface area contributed by atoms with Crippen molar-refractivity contribution in [1.82, 2.24) is 15.0 Å². The van der Waals surface area contributed by atoms with Crippen molar-refractivity contribution in [3.8, 4) is 11.4 Å². The molecule has 2 aromatic carbocycles. The van der Waals surface area contributed by atoms with Crippen LogP contribution in [0.3, 0.4) is 0 Å². The van der Waals surface area contributed by atoms with Crippen molar-refractivity contribution in [1.29, 1.82) is 0 Å². The summed E-state index contributed by atoms with van der Waals surface area (Å²) >= 11 is 0. The van der Waals surface area contributed by atoms with Crippen LogP contribution in [0.5, 0.6) is 0 Å². The van der Waals surface area contributed by atoms with Gasteiger partial charge in [-0.1, -0.05) is 30.3 Å². The van der Waals surface area contributed by atoms with Crippen LogP contribution in [0.15, 0.2) is 59.5 Å². The van der Waals surface area contributed by atoms with Crippen LogP contribution in [-0.4, -0.2) is 50.3 Å². The van der Waals surface area contributed by atoms with E-state index in [1.54, 1.807) is 23.1 Å². The Bertz CT molecular complexity index is 1490. The van der Waals surface area contributed by atoms with Gasteiger partial charge in [0.05, 0.1) is 40.5 Å². The molecule has 2 aromatic heterocycles. The summed E-state index contributed by atoms with van der Waals surface area (Å²) in [6.45, 7) is 5.95. The second kappa shape index (κ2) is 8.92. The van der Waals surface area contributed by atoms with Crippen LogP contribution >= 0.6 is 0 Å². The summed E-state index contributed by atoms with van der Waals surface area (Å²) in [5.41, 5.74) is 3.36. The summed E-state index contributed by atoms with van der Waals surface area (Å²) in [6, 6.07) is 13.7. The van der Waals surface area contributed by atoms with Crippen LogP contribution < -0.4 is 15.8 Å². The van der Waals surface area contributed by atoms with Gasteiger partial charge in [0, 0.05) is 12.7 Å². The number of anilines is 2. The Morgan fingerprint density at radius 1 is 1.14 bits per heavy atom. The molecule has 0 bridgehead atoms. The molecule has 0 radical (unpaired) electrons. The van der Waals surface area contributed by atoms with Crippen LogP contribution in [-0.2, 0) is 10.2 Å². The Hall–Kier alpha value is -3.95. The van der Waals surface area contributed by atoms with Crippen molar-refractivity contribution in [2.24, 2.45) is 0 Å². The number of aromatic nitrogens is 3. The number of nitrogens with one attached hydrogen (secondary N) is 3. The van der Waals surface area contributed by atoms with Crippen molar-refractivity contribution in [3.05, 3.63) is 76.2 Å². The van der Waals surface area contributed by atoms with Crippen molar-refractivity contribution >= 4 is 28.3 Å². The standard InChI is InChI=1S/C27H29N5O4/c1-4-32-21-13-19-18(12-16(21)27(2,3)26(32)36)30-24(31-19)22-17(10-11-28-25(22)35)29-20(14-33)23(34)15-8-6-5-7-9-15/h5-13,20,23,33-34H,4,14H2,1-3H3,(H,30,31)(H2,28,29,35)/t20-,23-/m0/s1. The van der Waals surface area contributed by atoms with Crippen LogP contribution in [0.2, 0.25) is 0 Å². The van der Waals surface area contributed by atoms with Crippen LogP contribution in [0, 0.1) is 0 Å². The summed E-state index contributed by atoms with van der Waals surface area (Å²) in [5.74, 6) is 0.391. The number of H-pyrrole nitrogens is 2. The number of pyridine rings is 1. The molecule has 1 amide bonds. The van der Waals surface area contributed by atoms with E-state index in [9.17, 15) is 19.8 Å². The number of carbonyl (C=O) groups excluding carboxylic acids is 1. The number of likely N-dealkylation sites (N-methyl/N-ethyl adjacent to an activating group) is 1. The predicted molar refractivity (Wildman–Crippen MR) is 139 cm³/mol. The highest BCUT2D eigenvalue weighted by Crippen LogP contribution is 2.43. The van der Waals surface area contributed by atoms with Gasteiger partial charge in [-0.15, -0.1) is 0 Å². The van der Waals surface area contributed by atoms with E-state index in [2.05, 4.69) is 20.3 Å². The number of nitrogens with zero attached hydrogens (tertiary/aromatic N) is 2. The zero-order chi connectivity index (χ0) is 25.6. The molecule has 9 nitrogen and oxygen atoms in total. The number of hydrogen-bond acceptors (Lipinski definition) is 6. The van der Waals surface area contributed by atoms with E-state index in [0.29, 0.717) is 34.7 Å². The first-order valence-electron chi connectivity index (χ1n) is 11.9. The van der Waals surface area contributed by atoms with Gasteiger partial charge in [-0.25, -0.2) is 4.98 Å². The zero-order valence-electron chi connectivity index (χ0n) is 20.4. The lowest BCUT2D eigenvalue weighted by Gasteiger charge is -2.24. The van der Waals surface area contributed by atoms with Crippen molar-refractivity contribution in [3.63, 3.8) is 0 Å². The summed E-state index contributed by atoms with van der Waals surface area (Å²) < 4.78 is 0. The highest BCUT2D eigenvalue weighted by molar-refractivity contribution is 6.09. The Morgan fingerprint density at radius 3 is 2.58 bits per heavy atom. The maximum Gasteiger partial charge on any atom is 0.261 e. The molecule has 0 saturated carbocycles. The van der Waals surface area contributed by atoms with E-state index < -0.39 is 17.6 Å². The molecule has 5 N–H and O–H groups in total. The third kappa shape index (κ3) is 3.77. The maximum absolute atomic E-state index is 12.9. The smallest absolute Gasteiger partial charge is 0.261 e. The largest absolute Gasteiger partial charge is 0.394 e. The lowest BCUT2D eigenvalue weighted by Crippen LogP contribution is -2.35. The fourth-order valence-corrected chi connectivity index (χ4v) is 4.90. The van der Waals surface area contributed by atoms with Gasteiger partial charge >= 0.3 is 0 Å². The number of aliphatic hydroxyl groups is 2. The van der Waals surface area contributed by atoms with E-state index in [1.165, 1.54) is 6.20 Å². The summed E-state index contributed by atoms with van der Waals surface area (Å²) in [5, 5.41) is 24.0. The number of aliphatic hydroxyl groups excluding tert-OH is 2. The molecular formula is C27H29N5O4. The number of benzene rings is 2. The van der Waals surface area contributed by atoms with Crippen LogP contribution in [0.1, 0.15) is 38.0 Å². The SMILES string of the molecule is CCN1C(=O)C(C)(C)c2cc3[nH]c(-c4c(N[C@@H](CO)[C@@H](O)c5ccccc5)cc[nH]c4=O)nc3cc21. The van der Waals surface area contributed by atoms with Crippen LogP contribution in [0.4, 0.5) is 11.4 Å². The van der Waals surface area contributed by atoms with E-state index in [4.69, 9.17) is 0 Å². The molecule has 9 heteroatoms. The van der Waals surface area contributed by atoms with Gasteiger partial charge in [0.1, 0.15) is 17.5 Å². The topological polar surface area (TPSA) is 134 Å². The highest BCUT2D eigenvalue weighted by atomic mass is 16.3. The zero-order valence-corrected chi connectivity index (χ0v) is 20.4. The Kier molecular flexibility index (Phi) is 5.89. The second-order valence-electron chi connectivity index (χ2n) is 9.53. The third-order valence-corrected chi connectivity index (χ3v) is 6.92. The lowest BCUT2D eigenvalue weighted by atomic mass is 9.86. The molecule has 4 aromatic rings. The maximum atomic E-state index is 12.9. The molecule has 5 rings (SSSR count). The summed E-state index contributed by atoms with van der Waals surface area (Å²) in [6.07, 6.45) is 0.504. The molecule has 0 aliphatic carbocycles. The molecule has 2 atom stereocenters. The van der Waals surface area contributed by atoms with E-state index in [-0.39, 0.29) is 23.6 Å². The summed E-state index contributed by atoms with van der Waals surface area (Å²) in [4.78, 5) is 38.2. The van der Waals surface area contributed by atoms with Gasteiger partial charge in [-0.05, 0) is 50.1 Å². The number of aromatic amines is 2. The van der Waals surface area contributed by atoms with Gasteiger partial charge in [0.25, 0.3) is 5.56 Å². The fourth-order valence-electron chi connectivity index (χ4n) is 4.90. The fraction of sp³-hybridized carbons (Fsp3) is 0.296. The van der Waals surface area contributed by atoms with Gasteiger partial charge in [0.2, 0.25) is 5.91 Å². The second-order valence-corrected chi connectivity index (χ2v) is 9.53. The number of hydrogen-bond donors (Lipinski definition) is 5. The predicted octanol–water partition coefficient (Wildman–Crippen LogP) is 3.07. The quantitative estimate of drug-likeness (QED) is 0.272. The lowest BCUT2D eigenvalue weighted by molar-refractivity contribution is -0.122. The molecule has 0 saturated heterocycles. The average Bonchev–Trinajstić information content (AvgIpc) is 3.37. The van der Waals surface area contributed by atoms with Crippen molar-refractivity contribution in [2.45, 2.75) is 38.3 Å². The molecule has 3 heterocycles. The van der Waals surface area contributed by atoms with E-state index in [0.717, 1.165) is 11.3 Å². The van der Waals surface area contributed by atoms with Crippen LogP contribution in [0.25, 0.3) is 22.4 Å². The number of amides is 1. The molecule has 36 heavy (non-hydrogen) atoms. The minimum absolute atomic E-state index is 0.0471. The normalized spacial score (nSPS) is 16.2. The van der Waals surface area contributed by atoms with Gasteiger partial charge < -0.3 is 30.4 Å². The molecule has 0 unspecified atom stereocenters. The first kappa shape index (κ1) is 23.8. The average molecular weight is 488 g/mol. The molecule has 1 aliphatic heterocycles. The monoisotopic (exact) mass is 487 g/mol. The molecule has 0 fully saturated rings. The van der Waals surface area contributed by atoms with Gasteiger partial charge in [-0.2, -0.15) is 0 Å². The third-order valence-electron chi connectivity index (χ3n) is 6.92.